The molecule has 0 bridgehead atoms. The second kappa shape index (κ2) is 23.8. The highest BCUT2D eigenvalue weighted by Crippen LogP contribution is 2.38. The van der Waals surface area contributed by atoms with E-state index in [0.717, 1.165) is 51.4 Å². The largest absolute Gasteiger partial charge is 0.469 e. The van der Waals surface area contributed by atoms with Crippen molar-refractivity contribution in [2.75, 3.05) is 25.4 Å². The molecule has 0 aliphatic carbocycles. The first-order valence-electron chi connectivity index (χ1n) is 14.4. The van der Waals surface area contributed by atoms with Gasteiger partial charge in [-0.2, -0.15) is 0 Å². The van der Waals surface area contributed by atoms with Crippen LogP contribution in [0.2, 0.25) is 0 Å². The Balaban J connectivity index is 3.75. The summed E-state index contributed by atoms with van der Waals surface area (Å²) in [6.45, 7) is 4.76. The Morgan fingerprint density at radius 1 is 0.878 bits per heavy atom. The molecule has 0 radical (unpaired) electrons. The first-order chi connectivity index (χ1) is 19.4. The molecule has 0 spiro atoms. The summed E-state index contributed by atoms with van der Waals surface area (Å²) in [5, 5.41) is 15.4. The minimum absolute atomic E-state index is 0.0136. The quantitative estimate of drug-likeness (QED) is 0.0572. The van der Waals surface area contributed by atoms with E-state index in [4.69, 9.17) is 9.79 Å². The van der Waals surface area contributed by atoms with Crippen molar-refractivity contribution in [2.45, 2.75) is 97.5 Å². The summed E-state index contributed by atoms with van der Waals surface area (Å²) in [7, 11) is -4.73. The number of hydrogen-bond acceptors (Lipinski definition) is 7. The van der Waals surface area contributed by atoms with Crippen molar-refractivity contribution in [3.05, 3.63) is 36.5 Å². The lowest BCUT2D eigenvalue weighted by molar-refractivity contribution is -0.137. The number of carbonyl (C=O) groups is 3. The van der Waals surface area contributed by atoms with Crippen molar-refractivity contribution in [3.63, 3.8) is 0 Å². The molecule has 0 fully saturated rings. The van der Waals surface area contributed by atoms with E-state index in [2.05, 4.69) is 58.5 Å². The molecule has 0 aromatic heterocycles. The molecule has 0 aliphatic heterocycles. The van der Waals surface area contributed by atoms with Crippen molar-refractivity contribution in [2.24, 2.45) is 5.41 Å². The maximum atomic E-state index is 12.1. The molecule has 10 nitrogen and oxygen atoms in total. The average molecular weight is 619 g/mol. The SMILES string of the molecule is CC/C=C\C/C=C\C/C=C\CCCCCCCC(=O)SCCNC(=O)CCNC(=O)[C@H](O)C(C)(C)COP(=O)(O)O. The van der Waals surface area contributed by atoms with E-state index >= 15 is 0 Å². The fourth-order valence-corrected chi connectivity index (χ4v) is 4.71. The fraction of sp³-hybridized carbons (Fsp3) is 0.690. The van der Waals surface area contributed by atoms with Crippen molar-refractivity contribution in [3.8, 4) is 0 Å². The molecule has 0 aromatic carbocycles. The third-order valence-corrected chi connectivity index (χ3v) is 7.36. The number of hydrogen-bond donors (Lipinski definition) is 5. The summed E-state index contributed by atoms with van der Waals surface area (Å²) in [6.07, 6.45) is 21.6. The molecule has 41 heavy (non-hydrogen) atoms. The molecule has 0 aromatic rings. The number of unbranched alkanes of at least 4 members (excludes halogenated alkanes) is 5. The van der Waals surface area contributed by atoms with Gasteiger partial charge in [-0.15, -0.1) is 0 Å². The molecule has 0 heterocycles. The average Bonchev–Trinajstić information content (AvgIpc) is 2.91. The molecule has 1 atom stereocenters. The highest BCUT2D eigenvalue weighted by Gasteiger charge is 2.35. The number of rotatable bonds is 24. The van der Waals surface area contributed by atoms with Crippen LogP contribution in [-0.2, 0) is 23.5 Å². The van der Waals surface area contributed by atoms with Gasteiger partial charge in [0.25, 0.3) is 0 Å². The molecular formula is C29H51N2O8PS. The van der Waals surface area contributed by atoms with Crippen molar-refractivity contribution in [1.82, 2.24) is 10.6 Å². The Bertz CT molecular complexity index is 886. The number of allylic oxidation sites excluding steroid dienone is 6. The van der Waals surface area contributed by atoms with Gasteiger partial charge in [-0.05, 0) is 38.5 Å². The van der Waals surface area contributed by atoms with E-state index in [0.29, 0.717) is 18.7 Å². The van der Waals surface area contributed by atoms with Crippen LogP contribution in [0.5, 0.6) is 0 Å². The second-order valence-electron chi connectivity index (χ2n) is 10.4. The predicted octanol–water partition coefficient (Wildman–Crippen LogP) is 4.95. The van der Waals surface area contributed by atoms with Gasteiger partial charge in [-0.25, -0.2) is 4.57 Å². The minimum Gasteiger partial charge on any atom is -0.383 e. The summed E-state index contributed by atoms with van der Waals surface area (Å²) < 4.78 is 15.2. The number of amides is 2. The maximum Gasteiger partial charge on any atom is 0.469 e. The van der Waals surface area contributed by atoms with Gasteiger partial charge < -0.3 is 25.5 Å². The molecule has 0 saturated heterocycles. The fourth-order valence-electron chi connectivity index (χ4n) is 3.48. The molecule has 5 N–H and O–H groups in total. The van der Waals surface area contributed by atoms with Gasteiger partial charge in [0.1, 0.15) is 6.10 Å². The number of nitrogens with one attached hydrogen (secondary N) is 2. The van der Waals surface area contributed by atoms with Gasteiger partial charge in [0.2, 0.25) is 11.8 Å². The van der Waals surface area contributed by atoms with Crippen molar-refractivity contribution in [1.29, 1.82) is 0 Å². The summed E-state index contributed by atoms with van der Waals surface area (Å²) in [4.78, 5) is 53.6. The molecular weight excluding hydrogens is 567 g/mol. The molecule has 0 unspecified atom stereocenters. The Hall–Kier alpha value is -1.75. The molecule has 12 heteroatoms. The normalized spacial score (nSPS) is 13.3. The Labute approximate surface area is 250 Å². The standard InChI is InChI=1S/C29H51N2O8PS/c1-4-5-6-7-8-9-10-11-12-13-14-15-16-17-18-19-26(33)41-23-22-30-25(32)20-21-31-28(35)27(34)29(2,3)24-39-40(36,37)38/h5-6,8-9,11-12,27,34H,4,7,10,13-24H2,1-3H3,(H,30,32)(H,31,35)(H2,36,37,38)/b6-5-,9-8-,12-11-/t27-/m0/s1. The van der Waals surface area contributed by atoms with Crippen LogP contribution in [0.4, 0.5) is 0 Å². The van der Waals surface area contributed by atoms with E-state index in [9.17, 15) is 24.1 Å². The second-order valence-corrected chi connectivity index (χ2v) is 12.8. The van der Waals surface area contributed by atoms with Gasteiger partial charge in [-0.3, -0.25) is 18.9 Å². The number of phosphoric ester groups is 1. The highest BCUT2D eigenvalue weighted by molar-refractivity contribution is 8.13. The first-order valence-corrected chi connectivity index (χ1v) is 16.9. The molecule has 2 amide bonds. The van der Waals surface area contributed by atoms with Gasteiger partial charge in [-0.1, -0.05) is 88.3 Å². The van der Waals surface area contributed by atoms with E-state index in [1.807, 2.05) is 0 Å². The number of aliphatic hydroxyl groups is 1. The van der Waals surface area contributed by atoms with Gasteiger partial charge >= 0.3 is 7.82 Å². The monoisotopic (exact) mass is 618 g/mol. The van der Waals surface area contributed by atoms with Crippen LogP contribution in [0.25, 0.3) is 0 Å². The van der Waals surface area contributed by atoms with Crippen molar-refractivity contribution >= 4 is 36.5 Å². The number of carbonyl (C=O) groups excluding carboxylic acids is 3. The zero-order chi connectivity index (χ0) is 31.0. The Kier molecular flexibility index (Phi) is 22.8. The number of phosphoric acid groups is 1. The van der Waals surface area contributed by atoms with Crippen LogP contribution < -0.4 is 10.6 Å². The lowest BCUT2D eigenvalue weighted by Crippen LogP contribution is -2.46. The van der Waals surface area contributed by atoms with Crippen LogP contribution in [-0.4, -0.2) is 63.4 Å². The van der Waals surface area contributed by atoms with Crippen LogP contribution in [0.15, 0.2) is 36.5 Å². The highest BCUT2D eigenvalue weighted by atomic mass is 32.2. The number of aliphatic hydroxyl groups excluding tert-OH is 1. The van der Waals surface area contributed by atoms with Crippen LogP contribution in [0, 0.1) is 5.41 Å². The smallest absolute Gasteiger partial charge is 0.383 e. The van der Waals surface area contributed by atoms with Crippen LogP contribution in [0.1, 0.15) is 91.4 Å². The molecule has 0 aliphatic rings. The summed E-state index contributed by atoms with van der Waals surface area (Å²) in [5.41, 5.74) is -1.25. The van der Waals surface area contributed by atoms with Crippen LogP contribution >= 0.6 is 19.6 Å². The summed E-state index contributed by atoms with van der Waals surface area (Å²) in [6, 6.07) is 0. The molecule has 236 valence electrons. The maximum absolute atomic E-state index is 12.1. The Morgan fingerprint density at radius 2 is 1.49 bits per heavy atom. The predicted molar refractivity (Wildman–Crippen MR) is 165 cm³/mol. The summed E-state index contributed by atoms with van der Waals surface area (Å²) in [5.74, 6) is -0.603. The Morgan fingerprint density at radius 3 is 2.15 bits per heavy atom. The molecule has 0 rings (SSSR count). The summed E-state index contributed by atoms with van der Waals surface area (Å²) >= 11 is 1.20. The number of thioether (sulfide) groups is 1. The third kappa shape index (κ3) is 24.5. The zero-order valence-corrected chi connectivity index (χ0v) is 26.6. The van der Waals surface area contributed by atoms with E-state index in [1.165, 1.54) is 32.0 Å². The first kappa shape index (κ1) is 39.2. The molecule has 0 saturated carbocycles. The van der Waals surface area contributed by atoms with Gasteiger partial charge in [0.15, 0.2) is 5.12 Å². The van der Waals surface area contributed by atoms with E-state index in [-0.39, 0.29) is 24.0 Å². The van der Waals surface area contributed by atoms with E-state index in [1.54, 1.807) is 0 Å². The van der Waals surface area contributed by atoms with Crippen molar-refractivity contribution < 1.29 is 38.4 Å². The third-order valence-electron chi connectivity index (χ3n) is 5.96. The van der Waals surface area contributed by atoms with E-state index < -0.39 is 31.9 Å². The zero-order valence-electron chi connectivity index (χ0n) is 24.9. The van der Waals surface area contributed by atoms with Gasteiger partial charge in [0, 0.05) is 37.1 Å². The minimum atomic E-state index is -4.73. The van der Waals surface area contributed by atoms with Crippen LogP contribution in [0.3, 0.4) is 0 Å². The van der Waals surface area contributed by atoms with Gasteiger partial charge in [0.05, 0.1) is 6.61 Å². The lowest BCUT2D eigenvalue weighted by atomic mass is 9.87. The topological polar surface area (TPSA) is 162 Å². The lowest BCUT2D eigenvalue weighted by Gasteiger charge is -2.29.